The van der Waals surface area contributed by atoms with E-state index in [2.05, 4.69) is 5.48 Å². The summed E-state index contributed by atoms with van der Waals surface area (Å²) in [6.07, 6.45) is 6.00. The Morgan fingerprint density at radius 3 is 2.81 bits per heavy atom. The lowest BCUT2D eigenvalue weighted by molar-refractivity contribution is -0.139. The molecule has 0 saturated heterocycles. The van der Waals surface area contributed by atoms with Gasteiger partial charge in [0.2, 0.25) is 0 Å². The molecule has 1 aliphatic carbocycles. The number of hydroxylamine groups is 1. The first-order valence-corrected chi connectivity index (χ1v) is 5.94. The lowest BCUT2D eigenvalue weighted by Crippen LogP contribution is -2.42. The largest absolute Gasteiger partial charge is 0.385 e. The Balaban J connectivity index is 2.08. The maximum absolute atomic E-state index is 11.5. The molecule has 1 fully saturated rings. The van der Waals surface area contributed by atoms with Crippen LogP contribution in [0.15, 0.2) is 0 Å². The number of carbonyl (C=O) groups is 1. The van der Waals surface area contributed by atoms with Gasteiger partial charge in [-0.2, -0.15) is 0 Å². The van der Waals surface area contributed by atoms with Crippen LogP contribution in [0.1, 0.15) is 38.5 Å². The molecule has 5 heteroatoms. The first-order chi connectivity index (χ1) is 7.74. The van der Waals surface area contributed by atoms with Crippen molar-refractivity contribution in [3.63, 3.8) is 0 Å². The molecule has 0 heterocycles. The third kappa shape index (κ3) is 4.92. The van der Waals surface area contributed by atoms with Gasteiger partial charge in [-0.1, -0.05) is 12.8 Å². The van der Waals surface area contributed by atoms with E-state index >= 15 is 0 Å². The van der Waals surface area contributed by atoms with Crippen molar-refractivity contribution in [2.45, 2.75) is 50.7 Å². The molecular formula is C11H22N2O3. The Hall–Kier alpha value is -0.650. The molecule has 1 saturated carbocycles. The van der Waals surface area contributed by atoms with Gasteiger partial charge in [0.1, 0.15) is 0 Å². The average Bonchev–Trinajstić information content (AvgIpc) is 2.79. The summed E-state index contributed by atoms with van der Waals surface area (Å²) >= 11 is 0. The molecule has 0 aromatic heterocycles. The molecule has 0 radical (unpaired) electrons. The number of nitrogens with one attached hydrogen (secondary N) is 1. The minimum Gasteiger partial charge on any atom is -0.385 e. The van der Waals surface area contributed by atoms with E-state index in [9.17, 15) is 4.79 Å². The highest BCUT2D eigenvalue weighted by Gasteiger charge is 2.19. The molecule has 3 N–H and O–H groups in total. The lowest BCUT2D eigenvalue weighted by atomic mass is 10.2. The van der Waals surface area contributed by atoms with Gasteiger partial charge < -0.3 is 10.5 Å². The maximum Gasteiger partial charge on any atom is 0.260 e. The third-order valence-corrected chi connectivity index (χ3v) is 2.83. The van der Waals surface area contributed by atoms with Crippen LogP contribution in [0.5, 0.6) is 0 Å². The predicted octanol–water partition coefficient (Wildman–Crippen LogP) is 0.731. The molecular weight excluding hydrogens is 208 g/mol. The summed E-state index contributed by atoms with van der Waals surface area (Å²) in [6.45, 7) is 0.629. The van der Waals surface area contributed by atoms with E-state index < -0.39 is 6.04 Å². The quantitative estimate of drug-likeness (QED) is 0.499. The summed E-state index contributed by atoms with van der Waals surface area (Å²) in [4.78, 5) is 16.8. The van der Waals surface area contributed by atoms with Gasteiger partial charge in [-0.25, -0.2) is 5.48 Å². The second-order valence-electron chi connectivity index (χ2n) is 4.23. The Kier molecular flexibility index (Phi) is 6.37. The van der Waals surface area contributed by atoms with E-state index in [-0.39, 0.29) is 12.0 Å². The van der Waals surface area contributed by atoms with Crippen molar-refractivity contribution in [1.82, 2.24) is 5.48 Å². The maximum atomic E-state index is 11.5. The number of amides is 1. The van der Waals surface area contributed by atoms with Crippen LogP contribution in [0.2, 0.25) is 0 Å². The van der Waals surface area contributed by atoms with Crippen molar-refractivity contribution in [1.29, 1.82) is 0 Å². The van der Waals surface area contributed by atoms with E-state index in [1.54, 1.807) is 7.11 Å². The van der Waals surface area contributed by atoms with E-state index in [0.29, 0.717) is 13.0 Å². The highest BCUT2D eigenvalue weighted by molar-refractivity contribution is 5.80. The summed E-state index contributed by atoms with van der Waals surface area (Å²) in [6, 6.07) is -0.503. The highest BCUT2D eigenvalue weighted by Crippen LogP contribution is 2.19. The topological polar surface area (TPSA) is 73.6 Å². The number of ether oxygens (including phenoxy) is 1. The van der Waals surface area contributed by atoms with Crippen molar-refractivity contribution in [3.05, 3.63) is 0 Å². The molecule has 5 nitrogen and oxygen atoms in total. The number of nitrogens with two attached hydrogens (primary N) is 1. The minimum atomic E-state index is -0.503. The van der Waals surface area contributed by atoms with Crippen LogP contribution in [0.25, 0.3) is 0 Å². The molecule has 1 aliphatic rings. The fourth-order valence-corrected chi connectivity index (χ4v) is 1.80. The van der Waals surface area contributed by atoms with Gasteiger partial charge in [0.25, 0.3) is 5.91 Å². The van der Waals surface area contributed by atoms with Crippen LogP contribution in [0.4, 0.5) is 0 Å². The van der Waals surface area contributed by atoms with Crippen LogP contribution < -0.4 is 11.2 Å². The number of carbonyl (C=O) groups excluding carboxylic acids is 1. The van der Waals surface area contributed by atoms with Crippen molar-refractivity contribution in [2.75, 3.05) is 13.7 Å². The molecule has 0 aromatic rings. The Morgan fingerprint density at radius 2 is 2.19 bits per heavy atom. The van der Waals surface area contributed by atoms with Crippen LogP contribution in [0.3, 0.4) is 0 Å². The summed E-state index contributed by atoms with van der Waals surface area (Å²) in [7, 11) is 1.63. The van der Waals surface area contributed by atoms with E-state index in [1.807, 2.05) is 0 Å². The monoisotopic (exact) mass is 230 g/mol. The Morgan fingerprint density at radius 1 is 1.50 bits per heavy atom. The molecule has 0 aromatic carbocycles. The van der Waals surface area contributed by atoms with Crippen LogP contribution >= 0.6 is 0 Å². The van der Waals surface area contributed by atoms with Crippen molar-refractivity contribution in [2.24, 2.45) is 5.73 Å². The zero-order chi connectivity index (χ0) is 11.8. The van der Waals surface area contributed by atoms with Crippen LogP contribution in [-0.4, -0.2) is 31.8 Å². The van der Waals surface area contributed by atoms with Gasteiger partial charge in [-0.15, -0.1) is 0 Å². The van der Waals surface area contributed by atoms with Crippen molar-refractivity contribution < 1.29 is 14.4 Å². The standard InChI is InChI=1S/C11H22N2O3/c1-15-8-4-7-10(12)11(14)13-16-9-5-2-3-6-9/h9-10H,2-8,12H2,1H3,(H,13,14). The second-order valence-corrected chi connectivity index (χ2v) is 4.23. The van der Waals surface area contributed by atoms with E-state index in [4.69, 9.17) is 15.3 Å². The first-order valence-electron chi connectivity index (χ1n) is 5.94. The van der Waals surface area contributed by atoms with Gasteiger partial charge in [-0.3, -0.25) is 9.63 Å². The summed E-state index contributed by atoms with van der Waals surface area (Å²) < 4.78 is 4.89. The molecule has 16 heavy (non-hydrogen) atoms. The SMILES string of the molecule is COCCCC(N)C(=O)NOC1CCCC1. The number of hydrogen-bond donors (Lipinski definition) is 2. The van der Waals surface area contributed by atoms with Crippen LogP contribution in [-0.2, 0) is 14.4 Å². The highest BCUT2D eigenvalue weighted by atomic mass is 16.7. The molecule has 1 rings (SSSR count). The predicted molar refractivity (Wildman–Crippen MR) is 60.6 cm³/mol. The molecule has 0 aliphatic heterocycles. The van der Waals surface area contributed by atoms with Gasteiger partial charge in [0.15, 0.2) is 0 Å². The zero-order valence-corrected chi connectivity index (χ0v) is 9.91. The summed E-state index contributed by atoms with van der Waals surface area (Å²) in [5, 5.41) is 0. The smallest absolute Gasteiger partial charge is 0.260 e. The average molecular weight is 230 g/mol. The van der Waals surface area contributed by atoms with Crippen LogP contribution in [0, 0.1) is 0 Å². The normalized spacial score (nSPS) is 18.6. The molecule has 0 bridgehead atoms. The number of hydrogen-bond acceptors (Lipinski definition) is 4. The zero-order valence-electron chi connectivity index (χ0n) is 9.91. The molecule has 1 unspecified atom stereocenters. The molecule has 1 amide bonds. The minimum absolute atomic E-state index is 0.176. The summed E-state index contributed by atoms with van der Waals surface area (Å²) in [5.74, 6) is -0.233. The molecule has 1 atom stereocenters. The Bertz CT molecular complexity index is 205. The Labute approximate surface area is 96.6 Å². The van der Waals surface area contributed by atoms with Crippen molar-refractivity contribution >= 4 is 5.91 Å². The van der Waals surface area contributed by atoms with Gasteiger partial charge in [0, 0.05) is 13.7 Å². The fourth-order valence-electron chi connectivity index (χ4n) is 1.80. The second kappa shape index (κ2) is 7.60. The fraction of sp³-hybridized carbons (Fsp3) is 0.909. The first kappa shape index (κ1) is 13.4. The van der Waals surface area contributed by atoms with E-state index in [1.165, 1.54) is 12.8 Å². The molecule has 94 valence electrons. The van der Waals surface area contributed by atoms with Crippen molar-refractivity contribution in [3.8, 4) is 0 Å². The van der Waals surface area contributed by atoms with Gasteiger partial charge >= 0.3 is 0 Å². The third-order valence-electron chi connectivity index (χ3n) is 2.83. The lowest BCUT2D eigenvalue weighted by Gasteiger charge is -2.15. The van der Waals surface area contributed by atoms with Gasteiger partial charge in [0.05, 0.1) is 12.1 Å². The number of methoxy groups -OCH3 is 1. The number of rotatable bonds is 7. The van der Waals surface area contributed by atoms with Gasteiger partial charge in [-0.05, 0) is 25.7 Å². The summed E-state index contributed by atoms with van der Waals surface area (Å²) in [5.41, 5.74) is 8.14. The molecule has 0 spiro atoms. The van der Waals surface area contributed by atoms with E-state index in [0.717, 1.165) is 19.3 Å².